The van der Waals surface area contributed by atoms with Crippen molar-refractivity contribution in [3.8, 4) is 5.75 Å². The zero-order valence-corrected chi connectivity index (χ0v) is 20.6. The number of methoxy groups -OCH3 is 1. The van der Waals surface area contributed by atoms with Crippen molar-refractivity contribution in [1.29, 1.82) is 0 Å². The van der Waals surface area contributed by atoms with E-state index in [-0.39, 0.29) is 24.2 Å². The number of nitrogens with one attached hydrogen (secondary N) is 2. The van der Waals surface area contributed by atoms with Crippen LogP contribution in [-0.4, -0.2) is 51.2 Å². The maximum absolute atomic E-state index is 12.6. The Bertz CT molecular complexity index is 1150. The van der Waals surface area contributed by atoms with Gasteiger partial charge >= 0.3 is 0 Å². The summed E-state index contributed by atoms with van der Waals surface area (Å²) < 4.78 is 6.87. The first-order valence-corrected chi connectivity index (χ1v) is 11.9. The fraction of sp³-hybridized carbons (Fsp3) is 0.304. The van der Waals surface area contributed by atoms with Crippen molar-refractivity contribution in [3.05, 3.63) is 64.4 Å². The Balaban J connectivity index is 1.65. The molecule has 0 bridgehead atoms. The van der Waals surface area contributed by atoms with Gasteiger partial charge in [0.1, 0.15) is 11.8 Å². The third-order valence-electron chi connectivity index (χ3n) is 5.00. The number of ether oxygens (including phenoxy) is 1. The summed E-state index contributed by atoms with van der Waals surface area (Å²) in [6.07, 6.45) is 0. The quantitative estimate of drug-likeness (QED) is 0.362. The van der Waals surface area contributed by atoms with Crippen LogP contribution in [0, 0.1) is 6.92 Å². The van der Waals surface area contributed by atoms with Gasteiger partial charge in [-0.15, -0.1) is 10.2 Å². The minimum Gasteiger partial charge on any atom is -0.497 e. The van der Waals surface area contributed by atoms with Crippen molar-refractivity contribution in [1.82, 2.24) is 20.1 Å². The van der Waals surface area contributed by atoms with Crippen LogP contribution in [0.2, 0.25) is 5.02 Å². The van der Waals surface area contributed by atoms with Crippen LogP contribution >= 0.6 is 23.4 Å². The minimum absolute atomic E-state index is 0.103. The first kappa shape index (κ1) is 25.5. The lowest BCUT2D eigenvalue weighted by atomic mass is 10.2. The molecule has 180 valence electrons. The molecule has 34 heavy (non-hydrogen) atoms. The Morgan fingerprint density at radius 1 is 1.21 bits per heavy atom. The fourth-order valence-electron chi connectivity index (χ4n) is 3.14. The number of aliphatic hydroxyl groups excluding tert-OH is 1. The molecule has 3 N–H and O–H groups in total. The second kappa shape index (κ2) is 11.9. The average Bonchev–Trinajstić information content (AvgIpc) is 3.26. The average molecular weight is 504 g/mol. The Hall–Kier alpha value is -3.08. The van der Waals surface area contributed by atoms with E-state index in [1.54, 1.807) is 48.1 Å². The van der Waals surface area contributed by atoms with Gasteiger partial charge in [0.15, 0.2) is 11.0 Å². The summed E-state index contributed by atoms with van der Waals surface area (Å²) in [5.74, 6) is 0.560. The Kier molecular flexibility index (Phi) is 8.91. The SMILES string of the molecule is CCn1c(SCC(=O)Nc2ccc(C)c(Cl)c2)nnc1[C@H](CO)NC(=O)c1ccc(OC)cc1. The van der Waals surface area contributed by atoms with E-state index >= 15 is 0 Å². The van der Waals surface area contributed by atoms with Gasteiger partial charge in [0, 0.05) is 22.8 Å². The molecule has 11 heteroatoms. The summed E-state index contributed by atoms with van der Waals surface area (Å²) in [4.78, 5) is 25.0. The highest BCUT2D eigenvalue weighted by Gasteiger charge is 2.23. The Morgan fingerprint density at radius 3 is 2.56 bits per heavy atom. The lowest BCUT2D eigenvalue weighted by molar-refractivity contribution is -0.113. The summed E-state index contributed by atoms with van der Waals surface area (Å²) in [6.45, 7) is 3.91. The van der Waals surface area contributed by atoms with Gasteiger partial charge in [-0.1, -0.05) is 29.4 Å². The summed E-state index contributed by atoms with van der Waals surface area (Å²) >= 11 is 7.32. The van der Waals surface area contributed by atoms with E-state index in [0.29, 0.717) is 39.5 Å². The first-order valence-electron chi connectivity index (χ1n) is 10.5. The van der Waals surface area contributed by atoms with Gasteiger partial charge in [-0.3, -0.25) is 9.59 Å². The van der Waals surface area contributed by atoms with Crippen LogP contribution in [0.4, 0.5) is 5.69 Å². The number of carbonyl (C=O) groups excluding carboxylic acids is 2. The molecule has 3 rings (SSSR count). The molecule has 9 nitrogen and oxygen atoms in total. The number of hydrogen-bond acceptors (Lipinski definition) is 7. The van der Waals surface area contributed by atoms with Gasteiger partial charge in [-0.2, -0.15) is 0 Å². The lowest BCUT2D eigenvalue weighted by Crippen LogP contribution is -2.32. The van der Waals surface area contributed by atoms with Crippen LogP contribution in [0.3, 0.4) is 0 Å². The Labute approximate surface area is 206 Å². The van der Waals surface area contributed by atoms with Gasteiger partial charge < -0.3 is 25.0 Å². The van der Waals surface area contributed by atoms with Crippen molar-refractivity contribution < 1.29 is 19.4 Å². The highest BCUT2D eigenvalue weighted by atomic mass is 35.5. The standard InChI is InChI=1S/C23H26ClN5O4S/c1-4-29-21(19(12-30)26-22(32)15-6-9-17(33-3)10-7-15)27-28-23(29)34-13-20(31)25-16-8-5-14(2)18(24)11-16/h5-11,19,30H,4,12-13H2,1-3H3,(H,25,31)(H,26,32)/t19-/m0/s1. The number of aromatic nitrogens is 3. The first-order chi connectivity index (χ1) is 16.4. The summed E-state index contributed by atoms with van der Waals surface area (Å²) in [5, 5.41) is 24.9. The van der Waals surface area contributed by atoms with Crippen molar-refractivity contribution in [2.75, 3.05) is 24.8 Å². The molecule has 2 aromatic carbocycles. The molecule has 0 radical (unpaired) electrons. The number of benzene rings is 2. The predicted octanol–water partition coefficient (Wildman–Crippen LogP) is 3.46. The molecule has 1 aromatic heterocycles. The normalized spacial score (nSPS) is 11.7. The maximum atomic E-state index is 12.6. The van der Waals surface area contributed by atoms with Crippen molar-refractivity contribution >= 4 is 40.9 Å². The molecule has 0 aliphatic rings. The number of nitrogens with zero attached hydrogens (tertiary/aromatic N) is 3. The molecule has 0 aliphatic carbocycles. The fourth-order valence-corrected chi connectivity index (χ4v) is 4.13. The summed E-state index contributed by atoms with van der Waals surface area (Å²) in [6, 6.07) is 11.2. The monoisotopic (exact) mass is 503 g/mol. The molecule has 2 amide bonds. The Morgan fingerprint density at radius 2 is 1.94 bits per heavy atom. The van der Waals surface area contributed by atoms with Crippen LogP contribution in [0.25, 0.3) is 0 Å². The molecule has 1 heterocycles. The minimum atomic E-state index is -0.764. The van der Waals surface area contributed by atoms with E-state index in [1.807, 2.05) is 19.9 Å². The zero-order chi connectivity index (χ0) is 24.7. The highest BCUT2D eigenvalue weighted by Crippen LogP contribution is 2.23. The van der Waals surface area contributed by atoms with E-state index in [4.69, 9.17) is 16.3 Å². The topological polar surface area (TPSA) is 118 Å². The molecule has 1 atom stereocenters. The highest BCUT2D eigenvalue weighted by molar-refractivity contribution is 7.99. The van der Waals surface area contributed by atoms with Crippen LogP contribution in [0.1, 0.15) is 34.7 Å². The zero-order valence-electron chi connectivity index (χ0n) is 19.0. The molecule has 0 saturated heterocycles. The third-order valence-corrected chi connectivity index (χ3v) is 6.38. The molecular weight excluding hydrogens is 478 g/mol. The third kappa shape index (κ3) is 6.28. The number of carbonyl (C=O) groups is 2. The van der Waals surface area contributed by atoms with Crippen LogP contribution in [0.15, 0.2) is 47.6 Å². The van der Waals surface area contributed by atoms with Gasteiger partial charge in [0.2, 0.25) is 5.91 Å². The van der Waals surface area contributed by atoms with Crippen LogP contribution in [-0.2, 0) is 11.3 Å². The van der Waals surface area contributed by atoms with Crippen LogP contribution in [0.5, 0.6) is 5.75 Å². The number of aryl methyl sites for hydroxylation is 1. The number of anilines is 1. The lowest BCUT2D eigenvalue weighted by Gasteiger charge is -2.17. The molecule has 0 unspecified atom stereocenters. The second-order valence-corrected chi connectivity index (χ2v) is 8.67. The van der Waals surface area contributed by atoms with Gasteiger partial charge in [-0.05, 0) is 55.8 Å². The number of aliphatic hydroxyl groups is 1. The van der Waals surface area contributed by atoms with Crippen LogP contribution < -0.4 is 15.4 Å². The molecule has 0 spiro atoms. The number of thioether (sulfide) groups is 1. The molecule has 3 aromatic rings. The second-order valence-electron chi connectivity index (χ2n) is 7.32. The maximum Gasteiger partial charge on any atom is 0.251 e. The smallest absolute Gasteiger partial charge is 0.251 e. The van der Waals surface area contributed by atoms with Crippen molar-refractivity contribution in [3.63, 3.8) is 0 Å². The van der Waals surface area contributed by atoms with Gasteiger partial charge in [0.25, 0.3) is 5.91 Å². The van der Waals surface area contributed by atoms with E-state index in [1.165, 1.54) is 11.8 Å². The number of rotatable bonds is 10. The van der Waals surface area contributed by atoms with Crippen molar-refractivity contribution in [2.45, 2.75) is 31.6 Å². The largest absolute Gasteiger partial charge is 0.497 e. The molecule has 0 saturated carbocycles. The molecule has 0 fully saturated rings. The molecule has 0 aliphatic heterocycles. The van der Waals surface area contributed by atoms with Gasteiger partial charge in [-0.25, -0.2) is 0 Å². The summed E-state index contributed by atoms with van der Waals surface area (Å²) in [7, 11) is 1.55. The van der Waals surface area contributed by atoms with Crippen molar-refractivity contribution in [2.24, 2.45) is 0 Å². The summed E-state index contributed by atoms with van der Waals surface area (Å²) in [5.41, 5.74) is 1.96. The number of amides is 2. The van der Waals surface area contributed by atoms with Gasteiger partial charge in [0.05, 0.1) is 19.5 Å². The molecular formula is C23H26ClN5O4S. The predicted molar refractivity (Wildman–Crippen MR) is 132 cm³/mol. The van der Waals surface area contributed by atoms with E-state index < -0.39 is 6.04 Å². The van der Waals surface area contributed by atoms with E-state index in [2.05, 4.69) is 20.8 Å². The van der Waals surface area contributed by atoms with E-state index in [0.717, 1.165) is 5.56 Å². The van der Waals surface area contributed by atoms with E-state index in [9.17, 15) is 14.7 Å². The number of hydrogen-bond donors (Lipinski definition) is 3. The number of halogens is 1.